The molecule has 1 saturated carbocycles. The number of nitrogens with zero attached hydrogens (tertiary/aromatic N) is 3. The van der Waals surface area contributed by atoms with Crippen LogP contribution < -0.4 is 0 Å². The Labute approximate surface area is 137 Å². The number of amides is 1. The number of aromatic nitrogens is 1. The van der Waals surface area contributed by atoms with Gasteiger partial charge >= 0.3 is 0 Å². The minimum Gasteiger partial charge on any atom is -0.335 e. The number of pyridine rings is 1. The quantitative estimate of drug-likeness (QED) is 0.811. The van der Waals surface area contributed by atoms with Gasteiger partial charge < -0.3 is 4.90 Å². The first-order valence-corrected chi connectivity index (χ1v) is 9.94. The van der Waals surface area contributed by atoms with Crippen LogP contribution in [0.3, 0.4) is 0 Å². The summed E-state index contributed by atoms with van der Waals surface area (Å²) in [7, 11) is -3.15. The average molecular weight is 337 g/mol. The van der Waals surface area contributed by atoms with Gasteiger partial charge in [0, 0.05) is 44.0 Å². The molecule has 3 rings (SSSR count). The van der Waals surface area contributed by atoms with E-state index in [1.807, 2.05) is 17.0 Å². The fourth-order valence-corrected chi connectivity index (χ4v) is 4.00. The van der Waals surface area contributed by atoms with Crippen LogP contribution in [0.15, 0.2) is 24.5 Å². The summed E-state index contributed by atoms with van der Waals surface area (Å²) >= 11 is 0. The van der Waals surface area contributed by atoms with Gasteiger partial charge in [-0.25, -0.2) is 12.7 Å². The second-order valence-corrected chi connectivity index (χ2v) is 8.48. The predicted molar refractivity (Wildman–Crippen MR) is 86.9 cm³/mol. The number of sulfonamides is 1. The molecule has 0 N–H and O–H groups in total. The molecule has 1 amide bonds. The van der Waals surface area contributed by atoms with Crippen molar-refractivity contribution in [3.63, 3.8) is 0 Å². The lowest BCUT2D eigenvalue weighted by Crippen LogP contribution is -2.44. The van der Waals surface area contributed by atoms with E-state index in [0.717, 1.165) is 18.4 Å². The zero-order valence-corrected chi connectivity index (χ0v) is 14.2. The molecule has 1 aromatic heterocycles. The minimum atomic E-state index is -3.15. The molecule has 2 aliphatic rings. The molecule has 2 fully saturated rings. The van der Waals surface area contributed by atoms with Gasteiger partial charge in [-0.1, -0.05) is 6.07 Å². The van der Waals surface area contributed by atoms with Crippen LogP contribution >= 0.6 is 0 Å². The third-order valence-electron chi connectivity index (χ3n) is 4.62. The van der Waals surface area contributed by atoms with Crippen molar-refractivity contribution in [2.24, 2.45) is 5.92 Å². The fourth-order valence-electron chi connectivity index (χ4n) is 3.13. The smallest absolute Gasteiger partial charge is 0.226 e. The van der Waals surface area contributed by atoms with Crippen LogP contribution in [0.5, 0.6) is 0 Å². The summed E-state index contributed by atoms with van der Waals surface area (Å²) in [4.78, 5) is 19.0. The van der Waals surface area contributed by atoms with Gasteiger partial charge in [0.05, 0.1) is 6.26 Å². The first kappa shape index (κ1) is 16.4. The molecular formula is C16H23N3O3S. The molecule has 0 unspecified atom stereocenters. The molecule has 0 atom stereocenters. The van der Waals surface area contributed by atoms with Gasteiger partial charge in [0.15, 0.2) is 0 Å². The van der Waals surface area contributed by atoms with Crippen molar-refractivity contribution in [3.05, 3.63) is 30.1 Å². The number of hydrogen-bond acceptors (Lipinski definition) is 4. The molecule has 0 radical (unpaired) electrons. The number of carbonyl (C=O) groups excluding carboxylic acids is 1. The van der Waals surface area contributed by atoms with E-state index in [1.54, 1.807) is 12.4 Å². The average Bonchev–Trinajstić information content (AvgIpc) is 3.37. The van der Waals surface area contributed by atoms with Crippen molar-refractivity contribution in [3.8, 4) is 0 Å². The Bertz CT molecular complexity index is 650. The summed E-state index contributed by atoms with van der Waals surface area (Å²) in [6.07, 6.45) is 8.11. The van der Waals surface area contributed by atoms with Gasteiger partial charge in [-0.3, -0.25) is 9.78 Å². The SMILES string of the molecule is CS(=O)(=O)N1CCC(C(=O)N(Cc2cccnc2)C2CC2)CC1. The summed E-state index contributed by atoms with van der Waals surface area (Å²) in [6, 6.07) is 4.22. The van der Waals surface area contributed by atoms with Gasteiger partial charge in [-0.2, -0.15) is 0 Å². The molecule has 1 aliphatic carbocycles. The van der Waals surface area contributed by atoms with Crippen molar-refractivity contribution in [2.45, 2.75) is 38.3 Å². The van der Waals surface area contributed by atoms with E-state index in [2.05, 4.69) is 4.98 Å². The number of piperidine rings is 1. The molecule has 1 aromatic rings. The van der Waals surface area contributed by atoms with Crippen molar-refractivity contribution in [1.29, 1.82) is 0 Å². The molecule has 0 spiro atoms. The zero-order chi connectivity index (χ0) is 16.4. The second kappa shape index (κ2) is 6.57. The first-order valence-electron chi connectivity index (χ1n) is 8.09. The molecule has 23 heavy (non-hydrogen) atoms. The van der Waals surface area contributed by atoms with Crippen LogP contribution in [0.2, 0.25) is 0 Å². The molecule has 0 aromatic carbocycles. The van der Waals surface area contributed by atoms with Crippen LogP contribution in [0, 0.1) is 5.92 Å². The van der Waals surface area contributed by atoms with Crippen LogP contribution in [-0.2, 0) is 21.4 Å². The maximum atomic E-state index is 12.9. The minimum absolute atomic E-state index is 0.0646. The van der Waals surface area contributed by atoms with E-state index < -0.39 is 10.0 Å². The summed E-state index contributed by atoms with van der Waals surface area (Å²) < 4.78 is 24.6. The van der Waals surface area contributed by atoms with Crippen LogP contribution in [-0.4, -0.2) is 53.9 Å². The van der Waals surface area contributed by atoms with E-state index >= 15 is 0 Å². The maximum absolute atomic E-state index is 12.9. The Morgan fingerprint density at radius 1 is 1.30 bits per heavy atom. The van der Waals surface area contributed by atoms with E-state index in [4.69, 9.17) is 0 Å². The molecular weight excluding hydrogens is 314 g/mol. The maximum Gasteiger partial charge on any atom is 0.226 e. The lowest BCUT2D eigenvalue weighted by Gasteiger charge is -2.33. The highest BCUT2D eigenvalue weighted by molar-refractivity contribution is 7.88. The van der Waals surface area contributed by atoms with E-state index in [-0.39, 0.29) is 11.8 Å². The third kappa shape index (κ3) is 4.09. The molecule has 2 heterocycles. The van der Waals surface area contributed by atoms with Crippen molar-refractivity contribution < 1.29 is 13.2 Å². The van der Waals surface area contributed by atoms with Crippen LogP contribution in [0.1, 0.15) is 31.2 Å². The molecule has 6 nitrogen and oxygen atoms in total. The lowest BCUT2D eigenvalue weighted by atomic mass is 9.96. The Morgan fingerprint density at radius 3 is 2.52 bits per heavy atom. The molecule has 126 valence electrons. The largest absolute Gasteiger partial charge is 0.335 e. The second-order valence-electron chi connectivity index (χ2n) is 6.49. The van der Waals surface area contributed by atoms with Gasteiger partial charge in [-0.15, -0.1) is 0 Å². The van der Waals surface area contributed by atoms with Crippen LogP contribution in [0.4, 0.5) is 0 Å². The Kier molecular flexibility index (Phi) is 4.68. The summed E-state index contributed by atoms with van der Waals surface area (Å²) in [5.74, 6) is 0.106. The summed E-state index contributed by atoms with van der Waals surface area (Å²) in [5.41, 5.74) is 1.04. The Hall–Kier alpha value is -1.47. The van der Waals surface area contributed by atoms with Crippen molar-refractivity contribution in [2.75, 3.05) is 19.3 Å². The standard InChI is InChI=1S/C16H23N3O3S/c1-23(21,22)18-9-6-14(7-10-18)16(20)19(15-4-5-15)12-13-3-2-8-17-11-13/h2-3,8,11,14-15H,4-7,9-10,12H2,1H3. The first-order chi connectivity index (χ1) is 10.9. The van der Waals surface area contributed by atoms with Gasteiger partial charge in [-0.05, 0) is 37.3 Å². The van der Waals surface area contributed by atoms with E-state index in [1.165, 1.54) is 10.6 Å². The summed E-state index contributed by atoms with van der Waals surface area (Å²) in [6.45, 7) is 1.49. The number of carbonyl (C=O) groups is 1. The predicted octanol–water partition coefficient (Wildman–Crippen LogP) is 1.24. The van der Waals surface area contributed by atoms with Crippen molar-refractivity contribution in [1.82, 2.24) is 14.2 Å². The van der Waals surface area contributed by atoms with Gasteiger partial charge in [0.2, 0.25) is 15.9 Å². The Balaban J connectivity index is 1.64. The fraction of sp³-hybridized carbons (Fsp3) is 0.625. The van der Waals surface area contributed by atoms with Gasteiger partial charge in [0.25, 0.3) is 0 Å². The molecule has 0 bridgehead atoms. The third-order valence-corrected chi connectivity index (χ3v) is 5.92. The molecule has 1 saturated heterocycles. The Morgan fingerprint density at radius 2 is 2.00 bits per heavy atom. The summed E-state index contributed by atoms with van der Waals surface area (Å²) in [5, 5.41) is 0. The number of hydrogen-bond donors (Lipinski definition) is 0. The van der Waals surface area contributed by atoms with E-state index in [9.17, 15) is 13.2 Å². The molecule has 7 heteroatoms. The number of rotatable bonds is 5. The van der Waals surface area contributed by atoms with Crippen molar-refractivity contribution >= 4 is 15.9 Å². The zero-order valence-electron chi connectivity index (χ0n) is 13.4. The highest BCUT2D eigenvalue weighted by Crippen LogP contribution is 2.32. The van der Waals surface area contributed by atoms with Crippen LogP contribution in [0.25, 0.3) is 0 Å². The lowest BCUT2D eigenvalue weighted by molar-refractivity contribution is -0.138. The normalized spacial score (nSPS) is 20.4. The monoisotopic (exact) mass is 337 g/mol. The topological polar surface area (TPSA) is 70.6 Å². The molecule has 1 aliphatic heterocycles. The van der Waals surface area contributed by atoms with Gasteiger partial charge in [0.1, 0.15) is 0 Å². The highest BCUT2D eigenvalue weighted by Gasteiger charge is 2.37. The highest BCUT2D eigenvalue weighted by atomic mass is 32.2. The van der Waals surface area contributed by atoms with E-state index in [0.29, 0.717) is 38.5 Å².